The van der Waals surface area contributed by atoms with E-state index in [0.29, 0.717) is 12.6 Å². The smallest absolute Gasteiger partial charge is 0.317 e. The van der Waals surface area contributed by atoms with Gasteiger partial charge in [-0.3, -0.25) is 0 Å². The van der Waals surface area contributed by atoms with Crippen LogP contribution in [0.5, 0.6) is 0 Å². The van der Waals surface area contributed by atoms with E-state index >= 15 is 0 Å². The summed E-state index contributed by atoms with van der Waals surface area (Å²) in [5.41, 5.74) is 0.301. The average molecular weight is 295 g/mol. The van der Waals surface area contributed by atoms with Crippen LogP contribution in [0.1, 0.15) is 24.0 Å². The lowest BCUT2D eigenvalue weighted by atomic mass is 10.1. The maximum atomic E-state index is 12.4. The zero-order valence-electron chi connectivity index (χ0n) is 10.5. The molecule has 1 saturated heterocycles. The second-order valence-corrected chi connectivity index (χ2v) is 4.60. The van der Waals surface area contributed by atoms with Crippen LogP contribution in [0.4, 0.5) is 13.2 Å². The summed E-state index contributed by atoms with van der Waals surface area (Å²) in [4.78, 5) is 0. The van der Waals surface area contributed by atoms with Gasteiger partial charge in [0.1, 0.15) is 0 Å². The van der Waals surface area contributed by atoms with Crippen LogP contribution < -0.4 is 10.6 Å². The van der Waals surface area contributed by atoms with Gasteiger partial charge in [0, 0.05) is 12.6 Å². The maximum Gasteiger partial charge on any atom is 0.416 e. The molecule has 1 aliphatic rings. The van der Waals surface area contributed by atoms with Crippen molar-refractivity contribution < 1.29 is 13.2 Å². The maximum absolute atomic E-state index is 12.4. The van der Waals surface area contributed by atoms with Gasteiger partial charge < -0.3 is 10.6 Å². The summed E-state index contributed by atoms with van der Waals surface area (Å²) in [7, 11) is 0. The molecule has 1 aromatic carbocycles. The Morgan fingerprint density at radius 3 is 2.21 bits per heavy atom. The van der Waals surface area contributed by atoms with E-state index in [9.17, 15) is 13.2 Å². The molecule has 0 spiro atoms. The van der Waals surface area contributed by atoms with E-state index in [1.54, 1.807) is 0 Å². The molecule has 2 rings (SSSR count). The quantitative estimate of drug-likeness (QED) is 0.895. The minimum Gasteiger partial charge on any atom is -0.317 e. The molecule has 1 aromatic rings. The molecule has 19 heavy (non-hydrogen) atoms. The largest absolute Gasteiger partial charge is 0.416 e. The number of hydrogen-bond donors (Lipinski definition) is 2. The van der Waals surface area contributed by atoms with E-state index in [0.717, 1.165) is 43.6 Å². The van der Waals surface area contributed by atoms with Crippen LogP contribution in [0.3, 0.4) is 0 Å². The molecule has 1 aliphatic heterocycles. The first-order valence-corrected chi connectivity index (χ1v) is 6.16. The molecule has 0 unspecified atom stereocenters. The molecular formula is C13H18ClF3N2. The van der Waals surface area contributed by atoms with Gasteiger partial charge >= 0.3 is 6.18 Å². The van der Waals surface area contributed by atoms with Gasteiger partial charge in [-0.25, -0.2) is 0 Å². The fraction of sp³-hybridized carbons (Fsp3) is 0.538. The Morgan fingerprint density at radius 2 is 1.68 bits per heavy atom. The number of piperidine rings is 1. The average Bonchev–Trinajstić information content (AvgIpc) is 2.37. The van der Waals surface area contributed by atoms with Gasteiger partial charge in [-0.1, -0.05) is 12.1 Å². The van der Waals surface area contributed by atoms with Crippen molar-refractivity contribution in [1.82, 2.24) is 10.6 Å². The molecule has 2 nitrogen and oxygen atoms in total. The Kier molecular flexibility index (Phi) is 6.10. The molecule has 0 bridgehead atoms. The van der Waals surface area contributed by atoms with Gasteiger partial charge in [-0.15, -0.1) is 12.4 Å². The fourth-order valence-electron chi connectivity index (χ4n) is 2.10. The van der Waals surface area contributed by atoms with Gasteiger partial charge in [0.2, 0.25) is 0 Å². The zero-order valence-corrected chi connectivity index (χ0v) is 11.3. The summed E-state index contributed by atoms with van der Waals surface area (Å²) in [6.07, 6.45) is -2.11. The topological polar surface area (TPSA) is 24.1 Å². The minimum absolute atomic E-state index is 0. The molecule has 2 N–H and O–H groups in total. The Balaban J connectivity index is 0.00000180. The van der Waals surface area contributed by atoms with Crippen LogP contribution in [-0.2, 0) is 12.7 Å². The third-order valence-electron chi connectivity index (χ3n) is 3.22. The first-order valence-electron chi connectivity index (χ1n) is 6.16. The number of rotatable bonds is 3. The highest BCUT2D eigenvalue weighted by Gasteiger charge is 2.29. The van der Waals surface area contributed by atoms with Crippen molar-refractivity contribution in [3.05, 3.63) is 35.4 Å². The summed E-state index contributed by atoms with van der Waals surface area (Å²) in [5, 5.41) is 6.65. The summed E-state index contributed by atoms with van der Waals surface area (Å²) in [5.74, 6) is 0. The van der Waals surface area contributed by atoms with Crippen LogP contribution in [0, 0.1) is 0 Å². The number of alkyl halides is 3. The Labute approximate surface area is 117 Å². The van der Waals surface area contributed by atoms with E-state index < -0.39 is 11.7 Å². The minimum atomic E-state index is -4.25. The molecule has 6 heteroatoms. The second kappa shape index (κ2) is 7.12. The third-order valence-corrected chi connectivity index (χ3v) is 3.22. The van der Waals surface area contributed by atoms with Crippen molar-refractivity contribution in [2.45, 2.75) is 31.6 Å². The molecule has 0 aromatic heterocycles. The monoisotopic (exact) mass is 294 g/mol. The van der Waals surface area contributed by atoms with Gasteiger partial charge in [0.05, 0.1) is 5.56 Å². The van der Waals surface area contributed by atoms with E-state index in [2.05, 4.69) is 10.6 Å². The van der Waals surface area contributed by atoms with Crippen LogP contribution in [0.15, 0.2) is 24.3 Å². The van der Waals surface area contributed by atoms with Crippen LogP contribution in [0.2, 0.25) is 0 Å². The predicted molar refractivity (Wildman–Crippen MR) is 71.4 cm³/mol. The molecule has 0 atom stereocenters. The van der Waals surface area contributed by atoms with Crippen molar-refractivity contribution in [3.8, 4) is 0 Å². The van der Waals surface area contributed by atoms with Crippen molar-refractivity contribution in [2.75, 3.05) is 13.1 Å². The summed E-state index contributed by atoms with van der Waals surface area (Å²) in [6, 6.07) is 5.82. The van der Waals surface area contributed by atoms with Crippen LogP contribution >= 0.6 is 12.4 Å². The van der Waals surface area contributed by atoms with Crippen molar-refractivity contribution >= 4 is 12.4 Å². The number of hydrogen-bond acceptors (Lipinski definition) is 2. The number of nitrogens with one attached hydrogen (secondary N) is 2. The molecule has 0 amide bonds. The lowest BCUT2D eigenvalue weighted by Crippen LogP contribution is -2.39. The third kappa shape index (κ3) is 5.01. The molecular weight excluding hydrogens is 277 g/mol. The number of benzene rings is 1. The first kappa shape index (κ1) is 16.3. The normalized spacial score (nSPS) is 17.0. The van der Waals surface area contributed by atoms with Gasteiger partial charge in [0.25, 0.3) is 0 Å². The highest BCUT2D eigenvalue weighted by Crippen LogP contribution is 2.29. The second-order valence-electron chi connectivity index (χ2n) is 4.60. The molecule has 1 heterocycles. The molecule has 0 saturated carbocycles. The van der Waals surface area contributed by atoms with Crippen LogP contribution in [0.25, 0.3) is 0 Å². The summed E-state index contributed by atoms with van der Waals surface area (Å²) in [6.45, 7) is 2.64. The van der Waals surface area contributed by atoms with E-state index in [4.69, 9.17) is 0 Å². The summed E-state index contributed by atoms with van der Waals surface area (Å²) >= 11 is 0. The van der Waals surface area contributed by atoms with E-state index in [1.165, 1.54) is 12.1 Å². The molecule has 108 valence electrons. The molecule has 0 radical (unpaired) electrons. The molecule has 0 aliphatic carbocycles. The summed E-state index contributed by atoms with van der Waals surface area (Å²) < 4.78 is 37.1. The van der Waals surface area contributed by atoms with Gasteiger partial charge in [0.15, 0.2) is 0 Å². The Bertz CT molecular complexity index is 372. The Morgan fingerprint density at radius 1 is 1.11 bits per heavy atom. The SMILES string of the molecule is Cl.FC(F)(F)c1ccc(CNC2CCNCC2)cc1. The van der Waals surface area contributed by atoms with Gasteiger partial charge in [-0.2, -0.15) is 13.2 Å². The Hall–Kier alpha value is -0.780. The van der Waals surface area contributed by atoms with Crippen molar-refractivity contribution in [1.29, 1.82) is 0 Å². The highest BCUT2D eigenvalue weighted by atomic mass is 35.5. The zero-order chi connectivity index (χ0) is 13.0. The van der Waals surface area contributed by atoms with E-state index in [1.807, 2.05) is 0 Å². The van der Waals surface area contributed by atoms with E-state index in [-0.39, 0.29) is 12.4 Å². The molecule has 1 fully saturated rings. The van der Waals surface area contributed by atoms with Crippen molar-refractivity contribution in [2.24, 2.45) is 0 Å². The van der Waals surface area contributed by atoms with Crippen LogP contribution in [-0.4, -0.2) is 19.1 Å². The lowest BCUT2D eigenvalue weighted by Gasteiger charge is -2.23. The first-order chi connectivity index (χ1) is 8.55. The number of halogens is 4. The predicted octanol–water partition coefficient (Wildman–Crippen LogP) is 2.97. The van der Waals surface area contributed by atoms with Crippen molar-refractivity contribution in [3.63, 3.8) is 0 Å². The van der Waals surface area contributed by atoms with Gasteiger partial charge in [-0.05, 0) is 43.6 Å². The standard InChI is InChI=1S/C13H17F3N2.ClH/c14-13(15,16)11-3-1-10(2-4-11)9-18-12-5-7-17-8-6-12;/h1-4,12,17-18H,5-9H2;1H. The highest BCUT2D eigenvalue weighted by molar-refractivity contribution is 5.85. The lowest BCUT2D eigenvalue weighted by molar-refractivity contribution is -0.137. The fourth-order valence-corrected chi connectivity index (χ4v) is 2.10.